The lowest BCUT2D eigenvalue weighted by molar-refractivity contribution is -0.120. The molecule has 0 atom stereocenters. The summed E-state index contributed by atoms with van der Waals surface area (Å²) < 4.78 is 13.8. The fourth-order valence-corrected chi connectivity index (χ4v) is 3.28. The molecule has 0 aliphatic heterocycles. The Hall–Kier alpha value is -2.62. The zero-order valence-electron chi connectivity index (χ0n) is 14.8. The van der Waals surface area contributed by atoms with E-state index in [0.29, 0.717) is 30.6 Å². The summed E-state index contributed by atoms with van der Waals surface area (Å²) in [4.78, 5) is 12.0. The van der Waals surface area contributed by atoms with E-state index < -0.39 is 0 Å². The lowest BCUT2D eigenvalue weighted by Crippen LogP contribution is -2.23. The van der Waals surface area contributed by atoms with Crippen LogP contribution in [0.25, 0.3) is 5.57 Å². The van der Waals surface area contributed by atoms with Crippen LogP contribution in [0.15, 0.2) is 65.6 Å². The monoisotopic (exact) mass is 353 g/mol. The molecular formula is C22H24FNO2. The van der Waals surface area contributed by atoms with E-state index in [9.17, 15) is 14.3 Å². The Balaban J connectivity index is 1.46. The largest absolute Gasteiger partial charge is 0.512 e. The summed E-state index contributed by atoms with van der Waals surface area (Å²) in [6, 6.07) is 6.87. The summed E-state index contributed by atoms with van der Waals surface area (Å²) in [7, 11) is 0. The lowest BCUT2D eigenvalue weighted by atomic mass is 9.91. The van der Waals surface area contributed by atoms with Gasteiger partial charge in [-0.15, -0.1) is 0 Å². The first-order valence-corrected chi connectivity index (χ1v) is 9.14. The van der Waals surface area contributed by atoms with Crippen LogP contribution in [0.4, 0.5) is 4.39 Å². The molecule has 2 aliphatic carbocycles. The molecular weight excluding hydrogens is 329 g/mol. The second kappa shape index (κ2) is 8.65. The van der Waals surface area contributed by atoms with Crippen molar-refractivity contribution in [3.63, 3.8) is 0 Å². The van der Waals surface area contributed by atoms with Crippen LogP contribution in [0.5, 0.6) is 0 Å². The summed E-state index contributed by atoms with van der Waals surface area (Å²) >= 11 is 0. The first-order valence-electron chi connectivity index (χ1n) is 9.14. The lowest BCUT2D eigenvalue weighted by Gasteiger charge is -2.16. The molecule has 0 unspecified atom stereocenters. The Morgan fingerprint density at radius 1 is 1.04 bits per heavy atom. The van der Waals surface area contributed by atoms with Gasteiger partial charge in [-0.3, -0.25) is 4.79 Å². The molecule has 1 aromatic carbocycles. The van der Waals surface area contributed by atoms with Crippen LogP contribution in [0.2, 0.25) is 0 Å². The molecule has 3 nitrogen and oxygen atoms in total. The van der Waals surface area contributed by atoms with E-state index in [4.69, 9.17) is 0 Å². The molecule has 0 saturated heterocycles. The highest BCUT2D eigenvalue weighted by atomic mass is 19.1. The van der Waals surface area contributed by atoms with Crippen LogP contribution in [0.1, 0.15) is 50.5 Å². The summed E-state index contributed by atoms with van der Waals surface area (Å²) in [5.74, 6) is 0.201. The van der Waals surface area contributed by atoms with E-state index in [1.165, 1.54) is 11.6 Å². The highest BCUT2D eigenvalue weighted by Crippen LogP contribution is 2.30. The van der Waals surface area contributed by atoms with E-state index in [1.54, 1.807) is 18.2 Å². The van der Waals surface area contributed by atoms with Crippen molar-refractivity contribution in [3.05, 3.63) is 77.0 Å². The summed E-state index contributed by atoms with van der Waals surface area (Å²) in [5, 5.41) is 12.2. The van der Waals surface area contributed by atoms with E-state index in [1.807, 2.05) is 18.2 Å². The number of aliphatic hydroxyl groups is 1. The number of amides is 1. The van der Waals surface area contributed by atoms with Gasteiger partial charge in [-0.25, -0.2) is 4.39 Å². The maximum absolute atomic E-state index is 13.8. The van der Waals surface area contributed by atoms with Crippen LogP contribution in [0, 0.1) is 5.82 Å². The maximum atomic E-state index is 13.8. The van der Waals surface area contributed by atoms with Gasteiger partial charge in [-0.05, 0) is 55.9 Å². The van der Waals surface area contributed by atoms with Crippen molar-refractivity contribution in [1.82, 2.24) is 5.32 Å². The minimum atomic E-state index is -0.174. The third kappa shape index (κ3) is 4.94. The van der Waals surface area contributed by atoms with Crippen LogP contribution < -0.4 is 5.32 Å². The predicted octanol–water partition coefficient (Wildman–Crippen LogP) is 5.34. The van der Waals surface area contributed by atoms with Crippen molar-refractivity contribution in [2.24, 2.45) is 0 Å². The molecule has 3 rings (SSSR count). The maximum Gasteiger partial charge on any atom is 0.224 e. The van der Waals surface area contributed by atoms with E-state index in [-0.39, 0.29) is 11.7 Å². The zero-order chi connectivity index (χ0) is 18.4. The smallest absolute Gasteiger partial charge is 0.224 e. The standard InChI is InChI=1S/C22H24FNO2/c23-21-6-2-1-5-20(21)17-10-8-16(9-11-17)4-3-7-22(26)24-18-12-14-19(25)15-13-18/h1-2,5-6,8,10,12,14,25H,3-4,7,9,11,13,15H2,(H,24,26). The van der Waals surface area contributed by atoms with Crippen LogP contribution in [-0.2, 0) is 4.79 Å². The number of halogens is 1. The van der Waals surface area contributed by atoms with E-state index >= 15 is 0 Å². The molecule has 0 heterocycles. The number of aliphatic hydroxyl groups excluding tert-OH is 1. The highest BCUT2D eigenvalue weighted by molar-refractivity contribution is 5.78. The number of carbonyl (C=O) groups is 1. The van der Waals surface area contributed by atoms with Crippen molar-refractivity contribution in [3.8, 4) is 0 Å². The van der Waals surface area contributed by atoms with Gasteiger partial charge in [0.25, 0.3) is 0 Å². The Kier molecular flexibility index (Phi) is 6.05. The minimum Gasteiger partial charge on any atom is -0.512 e. The Morgan fingerprint density at radius 3 is 2.58 bits per heavy atom. The summed E-state index contributed by atoms with van der Waals surface area (Å²) in [6.07, 6.45) is 12.6. The second-order valence-corrected chi connectivity index (χ2v) is 6.75. The van der Waals surface area contributed by atoms with Gasteiger partial charge in [0.2, 0.25) is 5.91 Å². The molecule has 1 amide bonds. The minimum absolute atomic E-state index is 0.0186. The van der Waals surface area contributed by atoms with Crippen molar-refractivity contribution in [2.45, 2.75) is 44.9 Å². The molecule has 0 radical (unpaired) electrons. The molecule has 0 aromatic heterocycles. The normalized spacial score (nSPS) is 17.0. The molecule has 4 heteroatoms. The number of allylic oxidation sites excluding steroid dienone is 8. The summed E-state index contributed by atoms with van der Waals surface area (Å²) in [5.41, 5.74) is 3.89. The van der Waals surface area contributed by atoms with Crippen molar-refractivity contribution >= 4 is 11.5 Å². The number of benzene rings is 1. The second-order valence-electron chi connectivity index (χ2n) is 6.75. The van der Waals surface area contributed by atoms with Gasteiger partial charge in [0, 0.05) is 24.1 Å². The number of carbonyl (C=O) groups excluding carboxylic acids is 1. The SMILES string of the molecule is O=C(CCCC1=CC=C(c2ccccc2F)CC1)NC1=CC=C(O)CC1. The van der Waals surface area contributed by atoms with E-state index in [2.05, 4.69) is 11.4 Å². The molecule has 0 spiro atoms. The van der Waals surface area contributed by atoms with Crippen molar-refractivity contribution in [2.75, 3.05) is 0 Å². The molecule has 26 heavy (non-hydrogen) atoms. The molecule has 0 fully saturated rings. The predicted molar refractivity (Wildman–Crippen MR) is 102 cm³/mol. The molecule has 0 saturated carbocycles. The number of hydrogen-bond acceptors (Lipinski definition) is 2. The first-order chi connectivity index (χ1) is 12.6. The third-order valence-electron chi connectivity index (χ3n) is 4.78. The topological polar surface area (TPSA) is 49.3 Å². The van der Waals surface area contributed by atoms with Gasteiger partial charge in [0.05, 0.1) is 5.76 Å². The Labute approximate surface area is 153 Å². The number of hydrogen-bond donors (Lipinski definition) is 2. The van der Waals surface area contributed by atoms with Crippen molar-refractivity contribution in [1.29, 1.82) is 0 Å². The fraction of sp³-hybridized carbons (Fsp3) is 0.318. The van der Waals surface area contributed by atoms with Gasteiger partial charge >= 0.3 is 0 Å². The highest BCUT2D eigenvalue weighted by Gasteiger charge is 2.13. The molecule has 136 valence electrons. The van der Waals surface area contributed by atoms with Gasteiger partial charge in [0.15, 0.2) is 0 Å². The summed E-state index contributed by atoms with van der Waals surface area (Å²) in [6.45, 7) is 0. The quantitative estimate of drug-likeness (QED) is 0.726. The zero-order valence-corrected chi connectivity index (χ0v) is 14.8. The van der Waals surface area contributed by atoms with Crippen LogP contribution >= 0.6 is 0 Å². The van der Waals surface area contributed by atoms with Crippen LogP contribution in [0.3, 0.4) is 0 Å². The van der Waals surface area contributed by atoms with Crippen LogP contribution in [-0.4, -0.2) is 11.0 Å². The van der Waals surface area contributed by atoms with Gasteiger partial charge in [-0.2, -0.15) is 0 Å². The van der Waals surface area contributed by atoms with E-state index in [0.717, 1.165) is 37.0 Å². The number of rotatable bonds is 6. The van der Waals surface area contributed by atoms with Crippen molar-refractivity contribution < 1.29 is 14.3 Å². The Morgan fingerprint density at radius 2 is 1.88 bits per heavy atom. The molecule has 2 aliphatic rings. The van der Waals surface area contributed by atoms with Gasteiger partial charge in [0.1, 0.15) is 5.82 Å². The Bertz CT molecular complexity index is 802. The molecule has 0 bridgehead atoms. The average Bonchev–Trinajstić information content (AvgIpc) is 2.65. The molecule has 1 aromatic rings. The fourth-order valence-electron chi connectivity index (χ4n) is 3.28. The van der Waals surface area contributed by atoms with Gasteiger partial charge in [-0.1, -0.05) is 35.9 Å². The average molecular weight is 353 g/mol. The third-order valence-corrected chi connectivity index (χ3v) is 4.78. The van der Waals surface area contributed by atoms with Gasteiger partial charge < -0.3 is 10.4 Å². The molecule has 2 N–H and O–H groups in total. The first kappa shape index (κ1) is 18.2. The number of nitrogens with one attached hydrogen (secondary N) is 1.